The summed E-state index contributed by atoms with van der Waals surface area (Å²) in [6.45, 7) is 15.2. The van der Waals surface area contributed by atoms with Gasteiger partial charge in [-0.1, -0.05) is 32.5 Å². The monoisotopic (exact) mass is 414 g/mol. The fourth-order valence-corrected chi connectivity index (χ4v) is 3.20. The highest BCUT2D eigenvalue weighted by atomic mass is 28.3. The third-order valence-electron chi connectivity index (χ3n) is 4.28. The summed E-state index contributed by atoms with van der Waals surface area (Å²) < 4.78 is 20.9. The van der Waals surface area contributed by atoms with E-state index in [0.29, 0.717) is 32.7 Å². The van der Waals surface area contributed by atoms with E-state index in [1.807, 2.05) is 13.8 Å². The highest BCUT2D eigenvalue weighted by Crippen LogP contribution is 2.38. The van der Waals surface area contributed by atoms with Crippen LogP contribution in [0.4, 0.5) is 0 Å². The minimum Gasteiger partial charge on any atom is -0.463 e. The minimum atomic E-state index is -1.39. The standard InChI is InChI=1S/C21H38O6Si/c1-9-21(4,19(23)27-14-12-24-5)17-20(2,3)18(22)26-15-13-25-11-10-16-28(6,7)8/h9,11-15,17H2,1-8H3. The van der Waals surface area contributed by atoms with Gasteiger partial charge in [0.1, 0.15) is 27.9 Å². The lowest BCUT2D eigenvalue weighted by molar-refractivity contribution is -0.164. The Morgan fingerprint density at radius 3 is 2.04 bits per heavy atom. The largest absolute Gasteiger partial charge is 0.463 e. The van der Waals surface area contributed by atoms with Crippen molar-refractivity contribution in [3.05, 3.63) is 0 Å². The maximum atomic E-state index is 12.5. The summed E-state index contributed by atoms with van der Waals surface area (Å²) in [4.78, 5) is 24.9. The van der Waals surface area contributed by atoms with E-state index in [4.69, 9.17) is 18.9 Å². The Hall–Kier alpha value is -1.36. The molecule has 0 saturated heterocycles. The van der Waals surface area contributed by atoms with Gasteiger partial charge in [-0.15, -0.1) is 5.54 Å². The van der Waals surface area contributed by atoms with Crippen LogP contribution in [-0.2, 0) is 28.5 Å². The first-order valence-electron chi connectivity index (χ1n) is 9.79. The van der Waals surface area contributed by atoms with E-state index in [2.05, 4.69) is 31.1 Å². The average molecular weight is 415 g/mol. The molecule has 0 saturated carbocycles. The quantitative estimate of drug-likeness (QED) is 0.211. The second-order valence-corrected chi connectivity index (χ2v) is 13.6. The summed E-state index contributed by atoms with van der Waals surface area (Å²) in [5, 5.41) is 0. The van der Waals surface area contributed by atoms with Crippen molar-refractivity contribution in [2.24, 2.45) is 10.8 Å². The van der Waals surface area contributed by atoms with Crippen LogP contribution in [0.1, 0.15) is 40.5 Å². The molecule has 7 heteroatoms. The molecule has 0 aromatic heterocycles. The SMILES string of the molecule is CCC(C)(CC(C)(C)C(=O)OCCOCC#C[Si](C)(C)C)C(=O)OCCOC. The summed E-state index contributed by atoms with van der Waals surface area (Å²) in [5.74, 6) is 2.33. The van der Waals surface area contributed by atoms with Gasteiger partial charge in [-0.25, -0.2) is 0 Å². The van der Waals surface area contributed by atoms with Crippen LogP contribution in [0, 0.1) is 22.3 Å². The minimum absolute atomic E-state index is 0.165. The van der Waals surface area contributed by atoms with Gasteiger partial charge in [0.2, 0.25) is 0 Å². The fraction of sp³-hybridized carbons (Fsp3) is 0.810. The Bertz CT molecular complexity index is 555. The average Bonchev–Trinajstić information content (AvgIpc) is 2.59. The summed E-state index contributed by atoms with van der Waals surface area (Å²) in [6, 6.07) is 0. The molecule has 162 valence electrons. The first-order valence-corrected chi connectivity index (χ1v) is 13.3. The molecule has 0 aromatic rings. The fourth-order valence-electron chi connectivity index (χ4n) is 2.59. The summed E-state index contributed by atoms with van der Waals surface area (Å²) >= 11 is 0. The van der Waals surface area contributed by atoms with Gasteiger partial charge in [0.05, 0.1) is 24.0 Å². The molecule has 0 heterocycles. The predicted molar refractivity (Wildman–Crippen MR) is 113 cm³/mol. The van der Waals surface area contributed by atoms with Crippen LogP contribution in [0.5, 0.6) is 0 Å². The molecule has 28 heavy (non-hydrogen) atoms. The summed E-state index contributed by atoms with van der Waals surface area (Å²) in [5.41, 5.74) is 1.63. The van der Waals surface area contributed by atoms with E-state index in [0.717, 1.165) is 0 Å². The van der Waals surface area contributed by atoms with Gasteiger partial charge in [-0.3, -0.25) is 9.59 Å². The number of methoxy groups -OCH3 is 1. The molecule has 0 fully saturated rings. The van der Waals surface area contributed by atoms with Crippen molar-refractivity contribution in [2.45, 2.75) is 60.2 Å². The maximum Gasteiger partial charge on any atom is 0.311 e. The van der Waals surface area contributed by atoms with Crippen LogP contribution in [-0.4, -0.2) is 60.2 Å². The number of esters is 2. The van der Waals surface area contributed by atoms with Crippen LogP contribution in [0.2, 0.25) is 19.6 Å². The van der Waals surface area contributed by atoms with Crippen molar-refractivity contribution < 1.29 is 28.5 Å². The van der Waals surface area contributed by atoms with Crippen LogP contribution in [0.15, 0.2) is 0 Å². The van der Waals surface area contributed by atoms with Gasteiger partial charge >= 0.3 is 11.9 Å². The van der Waals surface area contributed by atoms with Gasteiger partial charge in [0.15, 0.2) is 0 Å². The maximum absolute atomic E-state index is 12.5. The molecule has 0 N–H and O–H groups in total. The Kier molecular flexibility index (Phi) is 11.7. The van der Waals surface area contributed by atoms with Crippen molar-refractivity contribution in [3.63, 3.8) is 0 Å². The zero-order valence-electron chi connectivity index (χ0n) is 18.9. The Balaban J connectivity index is 4.50. The third-order valence-corrected chi connectivity index (χ3v) is 5.20. The zero-order chi connectivity index (χ0) is 21.8. The van der Waals surface area contributed by atoms with Crippen molar-refractivity contribution in [3.8, 4) is 11.5 Å². The first kappa shape index (κ1) is 26.6. The number of carbonyl (C=O) groups is 2. The second-order valence-electron chi connectivity index (χ2n) is 8.84. The van der Waals surface area contributed by atoms with E-state index in [1.54, 1.807) is 21.0 Å². The number of rotatable bonds is 12. The molecule has 0 aromatic carbocycles. The lowest BCUT2D eigenvalue weighted by atomic mass is 9.72. The second kappa shape index (κ2) is 12.3. The Labute approximate surface area is 171 Å². The normalized spacial score (nSPS) is 13.9. The molecule has 0 aliphatic heterocycles. The highest BCUT2D eigenvalue weighted by molar-refractivity contribution is 6.83. The van der Waals surface area contributed by atoms with Gasteiger partial charge in [-0.2, -0.15) is 0 Å². The molecule has 0 rings (SSSR count). The summed E-state index contributed by atoms with van der Waals surface area (Å²) in [6.07, 6.45) is 0.901. The lowest BCUT2D eigenvalue weighted by Gasteiger charge is -2.33. The van der Waals surface area contributed by atoms with Crippen molar-refractivity contribution in [1.82, 2.24) is 0 Å². The molecule has 0 amide bonds. The summed E-state index contributed by atoms with van der Waals surface area (Å²) in [7, 11) is 0.164. The van der Waals surface area contributed by atoms with Gasteiger partial charge in [-0.05, 0) is 33.6 Å². The third kappa shape index (κ3) is 10.8. The molecule has 1 unspecified atom stereocenters. The highest BCUT2D eigenvalue weighted by Gasteiger charge is 2.42. The van der Waals surface area contributed by atoms with Gasteiger partial charge in [0.25, 0.3) is 0 Å². The molecule has 1 atom stereocenters. The molecule has 6 nitrogen and oxygen atoms in total. The molecule has 0 bridgehead atoms. The van der Waals surface area contributed by atoms with Gasteiger partial charge in [0, 0.05) is 7.11 Å². The lowest BCUT2D eigenvalue weighted by Crippen LogP contribution is -2.39. The molecule has 0 spiro atoms. The van der Waals surface area contributed by atoms with Crippen molar-refractivity contribution in [2.75, 3.05) is 40.1 Å². The number of hydrogen-bond acceptors (Lipinski definition) is 6. The van der Waals surface area contributed by atoms with Crippen molar-refractivity contribution in [1.29, 1.82) is 0 Å². The molecular formula is C21H38O6Si. The smallest absolute Gasteiger partial charge is 0.311 e. The molecule has 0 aliphatic rings. The van der Waals surface area contributed by atoms with Crippen LogP contribution < -0.4 is 0 Å². The number of hydrogen-bond donors (Lipinski definition) is 0. The number of carbonyl (C=O) groups excluding carboxylic acids is 2. The van der Waals surface area contributed by atoms with Crippen LogP contribution in [0.25, 0.3) is 0 Å². The molecular weight excluding hydrogens is 376 g/mol. The Morgan fingerprint density at radius 2 is 1.50 bits per heavy atom. The van der Waals surface area contributed by atoms with E-state index < -0.39 is 18.9 Å². The van der Waals surface area contributed by atoms with E-state index in [-0.39, 0.29) is 25.2 Å². The van der Waals surface area contributed by atoms with Crippen molar-refractivity contribution >= 4 is 20.0 Å². The van der Waals surface area contributed by atoms with Crippen LogP contribution in [0.3, 0.4) is 0 Å². The Morgan fingerprint density at radius 1 is 0.929 bits per heavy atom. The number of ether oxygens (including phenoxy) is 4. The first-order chi connectivity index (χ1) is 12.9. The van der Waals surface area contributed by atoms with E-state index in [1.165, 1.54) is 0 Å². The van der Waals surface area contributed by atoms with E-state index in [9.17, 15) is 9.59 Å². The topological polar surface area (TPSA) is 71.1 Å². The van der Waals surface area contributed by atoms with Gasteiger partial charge < -0.3 is 18.9 Å². The zero-order valence-corrected chi connectivity index (χ0v) is 19.9. The predicted octanol–water partition coefficient (Wildman–Crippen LogP) is 3.45. The molecule has 0 aliphatic carbocycles. The van der Waals surface area contributed by atoms with E-state index >= 15 is 0 Å². The van der Waals surface area contributed by atoms with Crippen LogP contribution >= 0.6 is 0 Å². The molecule has 0 radical (unpaired) electrons.